The fourth-order valence-corrected chi connectivity index (χ4v) is 2.98. The van der Waals surface area contributed by atoms with Crippen molar-refractivity contribution in [1.29, 1.82) is 0 Å². The lowest BCUT2D eigenvalue weighted by Crippen LogP contribution is -2.17. The summed E-state index contributed by atoms with van der Waals surface area (Å²) in [5.74, 6) is 0.0182. The van der Waals surface area contributed by atoms with Crippen LogP contribution in [-0.4, -0.2) is 50.6 Å². The van der Waals surface area contributed by atoms with Crippen LogP contribution in [0.3, 0.4) is 0 Å². The Labute approximate surface area is 181 Å². The molecule has 9 nitrogen and oxygen atoms in total. The minimum atomic E-state index is -1.11. The van der Waals surface area contributed by atoms with Gasteiger partial charge in [0, 0.05) is 5.56 Å². The first-order valence-corrected chi connectivity index (χ1v) is 9.55. The number of aliphatic carboxylic acids is 1. The summed E-state index contributed by atoms with van der Waals surface area (Å²) in [6, 6.07) is 8.05. The second-order valence-corrected chi connectivity index (χ2v) is 6.57. The Morgan fingerprint density at radius 2 is 1.83 bits per heavy atom. The highest BCUT2D eigenvalue weighted by Gasteiger charge is 2.13. The molecule has 0 aliphatic rings. The minimum absolute atomic E-state index is 0.253. The van der Waals surface area contributed by atoms with Crippen LogP contribution in [0.15, 0.2) is 39.9 Å². The number of carbonyl (C=O) groups excluding carboxylic acids is 1. The maximum absolute atomic E-state index is 12.4. The molecule has 0 saturated heterocycles. The highest BCUT2D eigenvalue weighted by Crippen LogP contribution is 2.36. The lowest BCUT2D eigenvalue weighted by atomic mass is 10.2. The van der Waals surface area contributed by atoms with Crippen LogP contribution < -0.4 is 24.4 Å². The molecule has 0 spiro atoms. The molecule has 2 aromatic rings. The number of ether oxygens (including phenoxy) is 4. The van der Waals surface area contributed by atoms with E-state index < -0.39 is 18.5 Å². The molecule has 0 aromatic heterocycles. The van der Waals surface area contributed by atoms with Crippen LogP contribution in [0.1, 0.15) is 22.8 Å². The molecule has 0 unspecified atom stereocenters. The number of amides is 1. The molecule has 2 rings (SSSR count). The zero-order valence-corrected chi connectivity index (χ0v) is 18.2. The largest absolute Gasteiger partial charge is 0.493 e. The molecule has 0 radical (unpaired) electrons. The number of rotatable bonds is 10. The van der Waals surface area contributed by atoms with Crippen molar-refractivity contribution >= 4 is 34.0 Å². The predicted octanol–water partition coefficient (Wildman–Crippen LogP) is 3.09. The molecule has 0 atom stereocenters. The van der Waals surface area contributed by atoms with E-state index in [0.717, 1.165) is 0 Å². The Morgan fingerprint density at radius 3 is 2.47 bits per heavy atom. The van der Waals surface area contributed by atoms with Crippen molar-refractivity contribution in [3.63, 3.8) is 0 Å². The standard InChI is InChI=1S/C20H21BrN2O7/c1-4-29-16-9-13(5-6-15(16)27-2)20(26)23-22-10-12-7-14(21)19(17(8-12)28-3)30-11-18(24)25/h5-10H,4,11H2,1-3H3,(H,23,26)(H,24,25)/b22-10+. The second-order valence-electron chi connectivity index (χ2n) is 5.71. The molecule has 0 aliphatic heterocycles. The van der Waals surface area contributed by atoms with Crippen LogP contribution in [0.5, 0.6) is 23.0 Å². The third-order valence-corrected chi connectivity index (χ3v) is 4.29. The monoisotopic (exact) mass is 480 g/mol. The van der Waals surface area contributed by atoms with Crippen molar-refractivity contribution in [3.8, 4) is 23.0 Å². The van der Waals surface area contributed by atoms with Gasteiger partial charge >= 0.3 is 5.97 Å². The summed E-state index contributed by atoms with van der Waals surface area (Å²) in [5.41, 5.74) is 3.38. The molecule has 0 fully saturated rings. The van der Waals surface area contributed by atoms with E-state index >= 15 is 0 Å². The van der Waals surface area contributed by atoms with Crippen molar-refractivity contribution in [3.05, 3.63) is 45.9 Å². The van der Waals surface area contributed by atoms with Crippen molar-refractivity contribution < 1.29 is 33.6 Å². The highest BCUT2D eigenvalue weighted by atomic mass is 79.9. The maximum Gasteiger partial charge on any atom is 0.341 e. The van der Waals surface area contributed by atoms with Crippen molar-refractivity contribution in [1.82, 2.24) is 5.43 Å². The second kappa shape index (κ2) is 11.1. The van der Waals surface area contributed by atoms with E-state index in [1.807, 2.05) is 6.92 Å². The first kappa shape index (κ1) is 23.0. The molecule has 0 aliphatic carbocycles. The third kappa shape index (κ3) is 6.11. The van der Waals surface area contributed by atoms with Gasteiger partial charge in [0.2, 0.25) is 0 Å². The summed E-state index contributed by atoms with van der Waals surface area (Å²) in [4.78, 5) is 23.1. The lowest BCUT2D eigenvalue weighted by Gasteiger charge is -2.12. The van der Waals surface area contributed by atoms with E-state index in [1.165, 1.54) is 20.4 Å². The van der Waals surface area contributed by atoms with Gasteiger partial charge in [0.05, 0.1) is 31.5 Å². The summed E-state index contributed by atoms with van der Waals surface area (Å²) in [5, 5.41) is 12.7. The van der Waals surface area contributed by atoms with Gasteiger partial charge in [-0.2, -0.15) is 5.10 Å². The van der Waals surface area contributed by atoms with Gasteiger partial charge in [-0.1, -0.05) is 0 Å². The SMILES string of the molecule is CCOc1cc(C(=O)N/N=C/c2cc(Br)c(OCC(=O)O)c(OC)c2)ccc1OC. The summed E-state index contributed by atoms with van der Waals surface area (Å²) >= 11 is 3.31. The number of carboxylic acid groups (broad SMARTS) is 1. The number of hydrogen-bond acceptors (Lipinski definition) is 7. The number of carboxylic acids is 1. The quantitative estimate of drug-likeness (QED) is 0.396. The Balaban J connectivity index is 2.12. The van der Waals surface area contributed by atoms with Gasteiger partial charge in [0.15, 0.2) is 29.6 Å². The van der Waals surface area contributed by atoms with Crippen molar-refractivity contribution in [2.75, 3.05) is 27.4 Å². The molecule has 2 aromatic carbocycles. The summed E-state index contributed by atoms with van der Waals surface area (Å²) in [7, 11) is 2.95. The minimum Gasteiger partial charge on any atom is -0.493 e. The lowest BCUT2D eigenvalue weighted by molar-refractivity contribution is -0.139. The van der Waals surface area contributed by atoms with Crippen LogP contribution in [-0.2, 0) is 4.79 Å². The summed E-state index contributed by atoms with van der Waals surface area (Å²) in [6.45, 7) is 1.76. The molecule has 0 saturated carbocycles. The zero-order chi connectivity index (χ0) is 22.1. The van der Waals surface area contributed by atoms with Crippen LogP contribution in [0.4, 0.5) is 0 Å². The van der Waals surface area contributed by atoms with Crippen LogP contribution in [0.25, 0.3) is 0 Å². The molecular weight excluding hydrogens is 460 g/mol. The molecule has 30 heavy (non-hydrogen) atoms. The number of hydrazone groups is 1. The Morgan fingerprint density at radius 1 is 1.10 bits per heavy atom. The summed E-state index contributed by atoms with van der Waals surface area (Å²) < 4.78 is 21.6. The Bertz CT molecular complexity index is 947. The van der Waals surface area contributed by atoms with Gasteiger partial charge in [-0.15, -0.1) is 0 Å². The predicted molar refractivity (Wildman–Crippen MR) is 113 cm³/mol. The van der Waals surface area contributed by atoms with Gasteiger partial charge < -0.3 is 24.1 Å². The number of nitrogens with zero attached hydrogens (tertiary/aromatic N) is 1. The third-order valence-electron chi connectivity index (χ3n) is 3.70. The van der Waals surface area contributed by atoms with Crippen LogP contribution in [0.2, 0.25) is 0 Å². The van der Waals surface area contributed by atoms with Gasteiger partial charge in [-0.05, 0) is 58.7 Å². The molecule has 1 amide bonds. The Kier molecular flexibility index (Phi) is 8.48. The van der Waals surface area contributed by atoms with E-state index in [-0.39, 0.29) is 5.75 Å². The fourth-order valence-electron chi connectivity index (χ4n) is 2.40. The molecule has 160 valence electrons. The van der Waals surface area contributed by atoms with Crippen molar-refractivity contribution in [2.45, 2.75) is 6.92 Å². The highest BCUT2D eigenvalue weighted by molar-refractivity contribution is 9.10. The zero-order valence-electron chi connectivity index (χ0n) is 16.6. The van der Waals surface area contributed by atoms with Crippen LogP contribution >= 0.6 is 15.9 Å². The number of hydrogen-bond donors (Lipinski definition) is 2. The van der Waals surface area contributed by atoms with Gasteiger partial charge in [0.25, 0.3) is 5.91 Å². The molecule has 0 bridgehead atoms. The van der Waals surface area contributed by atoms with E-state index in [2.05, 4.69) is 26.5 Å². The van der Waals surface area contributed by atoms with Gasteiger partial charge in [0.1, 0.15) is 0 Å². The number of halogens is 1. The fraction of sp³-hybridized carbons (Fsp3) is 0.250. The Hall–Kier alpha value is -3.27. The van der Waals surface area contributed by atoms with E-state index in [1.54, 1.807) is 30.3 Å². The smallest absolute Gasteiger partial charge is 0.341 e. The van der Waals surface area contributed by atoms with E-state index in [9.17, 15) is 9.59 Å². The topological polar surface area (TPSA) is 116 Å². The van der Waals surface area contributed by atoms with E-state index in [4.69, 9.17) is 24.1 Å². The number of carbonyl (C=O) groups is 2. The first-order valence-electron chi connectivity index (χ1n) is 8.76. The molecular formula is C20H21BrN2O7. The molecule has 2 N–H and O–H groups in total. The van der Waals surface area contributed by atoms with Crippen molar-refractivity contribution in [2.24, 2.45) is 5.10 Å². The summed E-state index contributed by atoms with van der Waals surface area (Å²) in [6.07, 6.45) is 1.42. The van der Waals surface area contributed by atoms with Crippen LogP contribution in [0, 0.1) is 0 Å². The van der Waals surface area contributed by atoms with Gasteiger partial charge in [-0.25, -0.2) is 10.2 Å². The average Bonchev–Trinajstić information content (AvgIpc) is 2.72. The maximum atomic E-state index is 12.4. The molecule has 0 heterocycles. The van der Waals surface area contributed by atoms with Gasteiger partial charge in [-0.3, -0.25) is 4.79 Å². The van der Waals surface area contributed by atoms with E-state index in [0.29, 0.717) is 39.5 Å². The average molecular weight is 481 g/mol. The first-order chi connectivity index (χ1) is 14.4. The number of benzene rings is 2. The molecule has 10 heteroatoms. The number of nitrogens with one attached hydrogen (secondary N) is 1. The number of methoxy groups -OCH3 is 2. The normalized spacial score (nSPS) is 10.5.